The summed E-state index contributed by atoms with van der Waals surface area (Å²) in [6.45, 7) is 8.46. The van der Waals surface area contributed by atoms with Gasteiger partial charge in [-0.3, -0.25) is 4.79 Å². The topological polar surface area (TPSA) is 17.1 Å². The molecule has 0 aliphatic rings. The average Bonchev–Trinajstić information content (AvgIpc) is 2.18. The van der Waals surface area contributed by atoms with E-state index in [1.807, 2.05) is 6.92 Å². The molecular formula is C15H20ClFO. The van der Waals surface area contributed by atoms with Gasteiger partial charge in [-0.25, -0.2) is 4.39 Å². The highest BCUT2D eigenvalue weighted by Gasteiger charge is 2.19. The number of rotatable bonds is 4. The van der Waals surface area contributed by atoms with E-state index >= 15 is 0 Å². The lowest BCUT2D eigenvalue weighted by molar-refractivity contribution is 0.0954. The van der Waals surface area contributed by atoms with Gasteiger partial charge in [0.25, 0.3) is 0 Å². The average molecular weight is 271 g/mol. The van der Waals surface area contributed by atoms with Crippen molar-refractivity contribution >= 4 is 17.4 Å². The maximum atomic E-state index is 13.1. The van der Waals surface area contributed by atoms with Crippen LogP contribution >= 0.6 is 11.6 Å². The van der Waals surface area contributed by atoms with E-state index in [-0.39, 0.29) is 22.7 Å². The van der Waals surface area contributed by atoms with E-state index in [4.69, 9.17) is 11.6 Å². The minimum Gasteiger partial charge on any atom is -0.294 e. The molecule has 1 nitrogen and oxygen atoms in total. The van der Waals surface area contributed by atoms with Crippen LogP contribution in [0.4, 0.5) is 4.39 Å². The second-order valence-electron chi connectivity index (χ2n) is 6.12. The zero-order valence-electron chi connectivity index (χ0n) is 11.4. The van der Waals surface area contributed by atoms with Crippen molar-refractivity contribution in [2.24, 2.45) is 11.3 Å². The fraction of sp³-hybridized carbons (Fsp3) is 0.533. The van der Waals surface area contributed by atoms with Crippen LogP contribution in [-0.2, 0) is 0 Å². The summed E-state index contributed by atoms with van der Waals surface area (Å²) in [5.74, 6) is -0.251. The number of hydrogen-bond donors (Lipinski definition) is 0. The molecule has 0 spiro atoms. The Hall–Kier alpha value is -0.890. The predicted octanol–water partition coefficient (Wildman–Crippen LogP) is 5.12. The van der Waals surface area contributed by atoms with Crippen molar-refractivity contribution in [2.45, 2.75) is 40.5 Å². The number of carbonyl (C=O) groups is 1. The summed E-state index contributed by atoms with van der Waals surface area (Å²) in [6.07, 6.45) is 1.35. The van der Waals surface area contributed by atoms with Crippen LogP contribution < -0.4 is 0 Å². The third kappa shape index (κ3) is 4.77. The molecule has 0 heterocycles. The first kappa shape index (κ1) is 15.2. The van der Waals surface area contributed by atoms with Gasteiger partial charge in [0, 0.05) is 12.0 Å². The van der Waals surface area contributed by atoms with E-state index in [2.05, 4.69) is 20.8 Å². The molecule has 1 aromatic carbocycles. The van der Waals surface area contributed by atoms with Crippen molar-refractivity contribution < 1.29 is 9.18 Å². The first-order chi connectivity index (χ1) is 8.19. The van der Waals surface area contributed by atoms with Crippen LogP contribution in [0.25, 0.3) is 0 Å². The van der Waals surface area contributed by atoms with Crippen molar-refractivity contribution in [1.82, 2.24) is 0 Å². The Morgan fingerprint density at radius 1 is 1.39 bits per heavy atom. The normalized spacial score (nSPS) is 13.4. The monoisotopic (exact) mass is 270 g/mol. The SMILES string of the molecule is CC(CC(=O)c1cc(F)ccc1Cl)CC(C)(C)C. The summed E-state index contributed by atoms with van der Waals surface area (Å²) in [4.78, 5) is 12.1. The Kier molecular flexibility index (Phi) is 4.92. The van der Waals surface area contributed by atoms with Crippen LogP contribution in [0.15, 0.2) is 18.2 Å². The molecule has 0 radical (unpaired) electrons. The van der Waals surface area contributed by atoms with Gasteiger partial charge in [-0.1, -0.05) is 39.3 Å². The molecule has 1 atom stereocenters. The van der Waals surface area contributed by atoms with Crippen LogP contribution in [0.5, 0.6) is 0 Å². The second kappa shape index (κ2) is 5.83. The zero-order valence-corrected chi connectivity index (χ0v) is 12.1. The number of Topliss-reactive ketones (excluding diaryl/α,β-unsaturated/α-hetero) is 1. The molecule has 0 aromatic heterocycles. The summed E-state index contributed by atoms with van der Waals surface area (Å²) >= 11 is 5.92. The van der Waals surface area contributed by atoms with Crippen molar-refractivity contribution in [3.63, 3.8) is 0 Å². The maximum Gasteiger partial charge on any atom is 0.164 e. The first-order valence-corrected chi connectivity index (χ1v) is 6.55. The summed E-state index contributed by atoms with van der Waals surface area (Å²) in [5.41, 5.74) is 0.475. The zero-order chi connectivity index (χ0) is 13.9. The lowest BCUT2D eigenvalue weighted by atomic mass is 9.83. The van der Waals surface area contributed by atoms with Gasteiger partial charge in [0.15, 0.2) is 5.78 Å². The van der Waals surface area contributed by atoms with Crippen LogP contribution in [0.1, 0.15) is 50.9 Å². The molecule has 0 amide bonds. The number of hydrogen-bond acceptors (Lipinski definition) is 1. The van der Waals surface area contributed by atoms with Crippen LogP contribution in [0.3, 0.4) is 0 Å². The van der Waals surface area contributed by atoms with E-state index in [0.29, 0.717) is 11.4 Å². The van der Waals surface area contributed by atoms with Crippen molar-refractivity contribution in [2.75, 3.05) is 0 Å². The van der Waals surface area contributed by atoms with Crippen molar-refractivity contribution in [3.8, 4) is 0 Å². The first-order valence-electron chi connectivity index (χ1n) is 6.17. The van der Waals surface area contributed by atoms with Gasteiger partial charge in [0.2, 0.25) is 0 Å². The molecule has 1 rings (SSSR count). The largest absolute Gasteiger partial charge is 0.294 e. The lowest BCUT2D eigenvalue weighted by Gasteiger charge is -2.22. The van der Waals surface area contributed by atoms with E-state index < -0.39 is 5.82 Å². The molecule has 0 aliphatic heterocycles. The minimum absolute atomic E-state index is 0.0868. The van der Waals surface area contributed by atoms with Crippen LogP contribution in [0.2, 0.25) is 5.02 Å². The van der Waals surface area contributed by atoms with Gasteiger partial charge in [0.1, 0.15) is 5.82 Å². The fourth-order valence-corrected chi connectivity index (χ4v) is 2.48. The Labute approximate surface area is 113 Å². The summed E-state index contributed by atoms with van der Waals surface area (Å²) < 4.78 is 13.1. The van der Waals surface area contributed by atoms with Gasteiger partial charge >= 0.3 is 0 Å². The molecule has 0 bridgehead atoms. The van der Waals surface area contributed by atoms with Crippen LogP contribution in [-0.4, -0.2) is 5.78 Å². The van der Waals surface area contributed by atoms with Crippen molar-refractivity contribution in [3.05, 3.63) is 34.6 Å². The van der Waals surface area contributed by atoms with Gasteiger partial charge in [0.05, 0.1) is 5.02 Å². The highest BCUT2D eigenvalue weighted by Crippen LogP contribution is 2.28. The smallest absolute Gasteiger partial charge is 0.164 e. The number of ketones is 1. The molecule has 0 N–H and O–H groups in total. The number of benzene rings is 1. The van der Waals surface area contributed by atoms with Gasteiger partial charge < -0.3 is 0 Å². The quantitative estimate of drug-likeness (QED) is 0.694. The molecule has 100 valence electrons. The van der Waals surface area contributed by atoms with E-state index in [0.717, 1.165) is 6.42 Å². The Morgan fingerprint density at radius 2 is 2.00 bits per heavy atom. The Balaban J connectivity index is 2.74. The van der Waals surface area contributed by atoms with E-state index in [1.54, 1.807) is 0 Å². The standard InChI is InChI=1S/C15H20ClFO/c1-10(9-15(2,3)4)7-14(18)12-8-11(17)5-6-13(12)16/h5-6,8,10H,7,9H2,1-4H3. The third-order valence-electron chi connectivity index (χ3n) is 2.72. The Bertz CT molecular complexity index is 435. The minimum atomic E-state index is -0.425. The third-order valence-corrected chi connectivity index (χ3v) is 3.05. The van der Waals surface area contributed by atoms with Gasteiger partial charge in [-0.15, -0.1) is 0 Å². The maximum absolute atomic E-state index is 13.1. The molecule has 0 saturated heterocycles. The summed E-state index contributed by atoms with van der Waals surface area (Å²) in [7, 11) is 0. The van der Waals surface area contributed by atoms with E-state index in [9.17, 15) is 9.18 Å². The second-order valence-corrected chi connectivity index (χ2v) is 6.53. The lowest BCUT2D eigenvalue weighted by Crippen LogP contribution is -2.14. The fourth-order valence-electron chi connectivity index (χ4n) is 2.26. The number of halogens is 2. The molecule has 0 saturated carbocycles. The Morgan fingerprint density at radius 3 is 2.56 bits per heavy atom. The van der Waals surface area contributed by atoms with Gasteiger partial charge in [-0.05, 0) is 36.0 Å². The molecule has 0 fully saturated rings. The summed E-state index contributed by atoms with van der Waals surface area (Å²) in [5, 5.41) is 0.323. The molecule has 3 heteroatoms. The molecule has 18 heavy (non-hydrogen) atoms. The predicted molar refractivity (Wildman–Crippen MR) is 73.6 cm³/mol. The highest BCUT2D eigenvalue weighted by atomic mass is 35.5. The highest BCUT2D eigenvalue weighted by molar-refractivity contribution is 6.33. The van der Waals surface area contributed by atoms with Crippen LogP contribution in [0, 0.1) is 17.2 Å². The molecule has 1 unspecified atom stereocenters. The van der Waals surface area contributed by atoms with Crippen molar-refractivity contribution in [1.29, 1.82) is 0 Å². The number of carbonyl (C=O) groups excluding carboxylic acids is 1. The molecule has 1 aromatic rings. The summed E-state index contributed by atoms with van der Waals surface area (Å²) in [6, 6.07) is 3.91. The van der Waals surface area contributed by atoms with Gasteiger partial charge in [-0.2, -0.15) is 0 Å². The van der Waals surface area contributed by atoms with E-state index in [1.165, 1.54) is 18.2 Å². The molecular weight excluding hydrogens is 251 g/mol. The molecule has 0 aliphatic carbocycles.